The van der Waals surface area contributed by atoms with Crippen molar-refractivity contribution in [2.24, 2.45) is 5.92 Å². The van der Waals surface area contributed by atoms with Gasteiger partial charge in [0.1, 0.15) is 11.9 Å². The second-order valence-corrected chi connectivity index (χ2v) is 10.2. The first-order chi connectivity index (χ1) is 17.2. The molecule has 190 valence electrons. The number of rotatable bonds is 5. The van der Waals surface area contributed by atoms with E-state index in [0.717, 1.165) is 17.2 Å². The highest BCUT2D eigenvalue weighted by Gasteiger charge is 2.30. The molecule has 0 spiro atoms. The Morgan fingerprint density at radius 1 is 1.17 bits per heavy atom. The van der Waals surface area contributed by atoms with Crippen molar-refractivity contribution in [2.75, 3.05) is 23.7 Å². The Morgan fingerprint density at radius 3 is 2.58 bits per heavy atom. The lowest BCUT2D eigenvalue weighted by molar-refractivity contribution is -0.131. The van der Waals surface area contributed by atoms with E-state index in [1.54, 1.807) is 11.0 Å². The van der Waals surface area contributed by atoms with Crippen molar-refractivity contribution in [3.63, 3.8) is 0 Å². The van der Waals surface area contributed by atoms with E-state index in [4.69, 9.17) is 23.2 Å². The molecule has 7 nitrogen and oxygen atoms in total. The third kappa shape index (κ3) is 5.59. The topological polar surface area (TPSA) is 105 Å². The number of halogens is 3. The van der Waals surface area contributed by atoms with Crippen molar-refractivity contribution >= 4 is 46.4 Å². The van der Waals surface area contributed by atoms with Crippen LogP contribution in [-0.2, 0) is 16.0 Å². The quantitative estimate of drug-likeness (QED) is 0.499. The van der Waals surface area contributed by atoms with Gasteiger partial charge >= 0.3 is 0 Å². The molecule has 1 unspecified atom stereocenters. The number of carbonyl (C=O) groups excluding carboxylic acids is 2. The van der Waals surface area contributed by atoms with Gasteiger partial charge in [0, 0.05) is 22.5 Å². The van der Waals surface area contributed by atoms with Gasteiger partial charge in [-0.3, -0.25) is 9.59 Å². The number of nitrogens with one attached hydrogen (secondary N) is 2. The van der Waals surface area contributed by atoms with Crippen molar-refractivity contribution in [2.45, 2.75) is 51.2 Å². The molecule has 2 aromatic rings. The molecule has 0 radical (unpaired) electrons. The van der Waals surface area contributed by atoms with Crippen LogP contribution in [0.4, 0.5) is 15.8 Å². The number of aliphatic hydroxyl groups is 1. The first kappa shape index (κ1) is 26.2. The van der Waals surface area contributed by atoms with E-state index in [9.17, 15) is 24.3 Å². The zero-order valence-corrected chi connectivity index (χ0v) is 21.3. The molecule has 1 aliphatic heterocycles. The van der Waals surface area contributed by atoms with Crippen LogP contribution in [0.15, 0.2) is 24.3 Å². The molecule has 1 aliphatic carbocycles. The Kier molecular flexibility index (Phi) is 8.04. The van der Waals surface area contributed by atoms with E-state index in [0.29, 0.717) is 48.7 Å². The van der Waals surface area contributed by atoms with E-state index in [-0.39, 0.29) is 47.3 Å². The summed E-state index contributed by atoms with van der Waals surface area (Å²) in [5, 5.41) is 25.7. The average Bonchev–Trinajstić information content (AvgIpc) is 2.83. The second kappa shape index (κ2) is 11.0. The summed E-state index contributed by atoms with van der Waals surface area (Å²) in [4.78, 5) is 27.4. The van der Waals surface area contributed by atoms with Crippen LogP contribution in [0.3, 0.4) is 0 Å². The summed E-state index contributed by atoms with van der Waals surface area (Å²) in [7, 11) is 0. The van der Waals surface area contributed by atoms with Crippen molar-refractivity contribution in [1.29, 1.82) is 5.26 Å². The summed E-state index contributed by atoms with van der Waals surface area (Å²) in [6, 6.07) is 7.51. The average molecular weight is 533 g/mol. The molecule has 3 N–H and O–H groups in total. The second-order valence-electron chi connectivity index (χ2n) is 9.31. The third-order valence-electron chi connectivity index (χ3n) is 6.99. The Hall–Kier alpha value is -2.86. The lowest BCUT2D eigenvalue weighted by Gasteiger charge is -2.36. The summed E-state index contributed by atoms with van der Waals surface area (Å²) in [5.74, 6) is -1.50. The van der Waals surface area contributed by atoms with Crippen LogP contribution in [0.5, 0.6) is 0 Å². The van der Waals surface area contributed by atoms with E-state index >= 15 is 0 Å². The van der Waals surface area contributed by atoms with Gasteiger partial charge in [-0.2, -0.15) is 5.26 Å². The number of nitrogens with zero attached hydrogens (tertiary/aromatic N) is 2. The summed E-state index contributed by atoms with van der Waals surface area (Å²) >= 11 is 12.5. The predicted octanol–water partition coefficient (Wildman–Crippen LogP) is 5.05. The minimum atomic E-state index is -0.701. The maximum absolute atomic E-state index is 14.7. The van der Waals surface area contributed by atoms with Gasteiger partial charge in [-0.05, 0) is 74.4 Å². The van der Waals surface area contributed by atoms with Crippen molar-refractivity contribution in [3.8, 4) is 6.07 Å². The highest BCUT2D eigenvalue weighted by Crippen LogP contribution is 2.37. The van der Waals surface area contributed by atoms with Gasteiger partial charge in [-0.25, -0.2) is 4.39 Å². The maximum atomic E-state index is 14.7. The summed E-state index contributed by atoms with van der Waals surface area (Å²) in [6.07, 6.45) is 2.38. The Morgan fingerprint density at radius 2 is 1.89 bits per heavy atom. The third-order valence-corrected chi connectivity index (χ3v) is 7.52. The highest BCUT2D eigenvalue weighted by molar-refractivity contribution is 6.35. The maximum Gasteiger partial charge on any atom is 0.242 e. The molecule has 1 saturated carbocycles. The molecule has 1 atom stereocenters. The number of nitriles is 1. The minimum Gasteiger partial charge on any atom is -0.393 e. The van der Waals surface area contributed by atoms with Crippen molar-refractivity contribution in [3.05, 3.63) is 56.8 Å². The largest absolute Gasteiger partial charge is 0.393 e. The Labute approximate surface area is 219 Å². The zero-order valence-electron chi connectivity index (χ0n) is 19.8. The number of aliphatic hydroxyl groups excluding tert-OH is 1. The number of carbonyl (C=O) groups is 2. The summed E-state index contributed by atoms with van der Waals surface area (Å²) in [6.45, 7) is 2.18. The van der Waals surface area contributed by atoms with Gasteiger partial charge in [0.15, 0.2) is 0 Å². The minimum absolute atomic E-state index is 0.00610. The smallest absolute Gasteiger partial charge is 0.242 e. The molecule has 0 saturated heterocycles. The number of benzene rings is 2. The van der Waals surface area contributed by atoms with Gasteiger partial charge in [0.2, 0.25) is 11.8 Å². The molecule has 36 heavy (non-hydrogen) atoms. The molecule has 0 bridgehead atoms. The number of hydrogen-bond acceptors (Lipinski definition) is 5. The van der Waals surface area contributed by atoms with Gasteiger partial charge in [0.25, 0.3) is 0 Å². The van der Waals surface area contributed by atoms with Crippen LogP contribution in [0.2, 0.25) is 10.0 Å². The van der Waals surface area contributed by atoms with Crippen LogP contribution in [-0.4, -0.2) is 41.0 Å². The van der Waals surface area contributed by atoms with Crippen LogP contribution >= 0.6 is 23.2 Å². The van der Waals surface area contributed by atoms with E-state index < -0.39 is 11.9 Å². The monoisotopic (exact) mass is 532 g/mol. The summed E-state index contributed by atoms with van der Waals surface area (Å²) < 4.78 is 14.7. The molecule has 1 heterocycles. The van der Waals surface area contributed by atoms with Crippen LogP contribution in [0, 0.1) is 23.1 Å². The number of anilines is 2. The SMILES string of the molecule is CC1c2c(Cl)cc(Cl)cc2CCN1C(=O)CNc1cc(NC(=O)C2CCC(O)CC2)c(C#N)cc1F. The fraction of sp³-hybridized carbons (Fsp3) is 0.423. The lowest BCUT2D eigenvalue weighted by Crippen LogP contribution is -2.42. The van der Waals surface area contributed by atoms with E-state index in [1.165, 1.54) is 6.07 Å². The molecular formula is C26H27Cl2FN4O3. The van der Waals surface area contributed by atoms with E-state index in [2.05, 4.69) is 10.6 Å². The molecule has 2 aromatic carbocycles. The standard InChI is InChI=1S/C26H27Cl2FN4O3/c1-14-25-16(8-18(27)10-20(25)28)6-7-33(14)24(35)13-31-23-11-22(17(12-30)9-21(23)29)32-26(36)15-2-4-19(34)5-3-15/h8-11,14-15,19,31,34H,2-7,13H2,1H3,(H,32,36). The molecule has 0 aromatic heterocycles. The normalized spacial score (nSPS) is 21.3. The molecule has 10 heteroatoms. The number of amides is 2. The first-order valence-corrected chi connectivity index (χ1v) is 12.7. The number of hydrogen-bond donors (Lipinski definition) is 3. The van der Waals surface area contributed by atoms with Gasteiger partial charge in [-0.1, -0.05) is 23.2 Å². The molecule has 4 rings (SSSR count). The fourth-order valence-electron chi connectivity index (χ4n) is 4.99. The fourth-order valence-corrected chi connectivity index (χ4v) is 5.69. The van der Waals surface area contributed by atoms with Gasteiger partial charge < -0.3 is 20.6 Å². The van der Waals surface area contributed by atoms with Crippen molar-refractivity contribution in [1.82, 2.24) is 4.90 Å². The Balaban J connectivity index is 1.45. The molecule has 2 amide bonds. The first-order valence-electron chi connectivity index (χ1n) is 11.9. The summed E-state index contributed by atoms with van der Waals surface area (Å²) in [5.41, 5.74) is 2.03. The van der Waals surface area contributed by atoms with Gasteiger partial charge in [-0.15, -0.1) is 0 Å². The van der Waals surface area contributed by atoms with E-state index in [1.807, 2.05) is 19.1 Å². The Bertz CT molecular complexity index is 1220. The number of fused-ring (bicyclic) bond motifs is 1. The van der Waals surface area contributed by atoms with Gasteiger partial charge in [0.05, 0.1) is 35.6 Å². The molecule has 2 aliphatic rings. The van der Waals surface area contributed by atoms with Crippen molar-refractivity contribution < 1.29 is 19.1 Å². The predicted molar refractivity (Wildman–Crippen MR) is 136 cm³/mol. The van der Waals surface area contributed by atoms with Crippen LogP contribution in [0.25, 0.3) is 0 Å². The molecule has 1 fully saturated rings. The highest BCUT2D eigenvalue weighted by atomic mass is 35.5. The van der Waals surface area contributed by atoms with Crippen LogP contribution < -0.4 is 10.6 Å². The van der Waals surface area contributed by atoms with Crippen LogP contribution in [0.1, 0.15) is 55.3 Å². The lowest BCUT2D eigenvalue weighted by atomic mass is 9.87. The zero-order chi connectivity index (χ0) is 26.0. The molecular weight excluding hydrogens is 506 g/mol.